The van der Waals surface area contributed by atoms with Crippen LogP contribution in [0.3, 0.4) is 0 Å². The summed E-state index contributed by atoms with van der Waals surface area (Å²) in [4.78, 5) is 10.8. The van der Waals surface area contributed by atoms with Gasteiger partial charge in [-0.2, -0.15) is 0 Å². The lowest BCUT2D eigenvalue weighted by Crippen LogP contribution is -2.06. The van der Waals surface area contributed by atoms with Crippen molar-refractivity contribution in [2.45, 2.75) is 11.3 Å². The maximum Gasteiger partial charge on any atom is 0.335 e. The van der Waals surface area contributed by atoms with Gasteiger partial charge in [0.05, 0.1) is 21.3 Å². The first-order valence-electron chi connectivity index (χ1n) is 6.03. The number of carboxylic acid groups (broad SMARTS) is 1. The predicted octanol–water partition coefficient (Wildman–Crippen LogP) is 2.87. The van der Waals surface area contributed by atoms with Crippen LogP contribution in [0.1, 0.15) is 15.9 Å². The molecule has 1 atom stereocenters. The third kappa shape index (κ3) is 3.51. The Labute approximate surface area is 118 Å². The Bertz CT molecular complexity index is 641. The molecule has 0 heterocycles. The van der Waals surface area contributed by atoms with Crippen molar-refractivity contribution in [3.05, 3.63) is 65.5 Å². The molecule has 2 rings (SSSR count). The van der Waals surface area contributed by atoms with Crippen LogP contribution in [0, 0.1) is 5.82 Å². The molecule has 0 fully saturated rings. The molecule has 0 saturated carbocycles. The Hall–Kier alpha value is -2.01. The molecule has 0 amide bonds. The zero-order valence-corrected chi connectivity index (χ0v) is 11.4. The Morgan fingerprint density at radius 3 is 2.50 bits per heavy atom. The maximum absolute atomic E-state index is 13.6. The fourth-order valence-electron chi connectivity index (χ4n) is 1.78. The molecule has 0 radical (unpaired) electrons. The van der Waals surface area contributed by atoms with E-state index in [1.165, 1.54) is 0 Å². The first-order valence-corrected chi connectivity index (χ1v) is 7.35. The van der Waals surface area contributed by atoms with E-state index in [9.17, 15) is 13.4 Å². The van der Waals surface area contributed by atoms with E-state index in [2.05, 4.69) is 0 Å². The first kappa shape index (κ1) is 14.4. The summed E-state index contributed by atoms with van der Waals surface area (Å²) < 4.78 is 25.7. The van der Waals surface area contributed by atoms with E-state index in [1.54, 1.807) is 0 Å². The van der Waals surface area contributed by atoms with Crippen molar-refractivity contribution in [3.8, 4) is 0 Å². The molecule has 2 aromatic rings. The van der Waals surface area contributed by atoms with Gasteiger partial charge in [0.15, 0.2) is 0 Å². The highest BCUT2D eigenvalue weighted by molar-refractivity contribution is 7.85. The third-order valence-corrected chi connectivity index (χ3v) is 4.22. The minimum absolute atomic E-state index is 0.0548. The van der Waals surface area contributed by atoms with E-state index in [0.717, 1.165) is 23.8 Å². The minimum atomic E-state index is -1.56. The Kier molecular flexibility index (Phi) is 4.63. The highest BCUT2D eigenvalue weighted by Crippen LogP contribution is 2.16. The SMILES string of the molecule is O=C(O)c1ccc(F)c(S(=O)CCc2ccccc2)c1. The van der Waals surface area contributed by atoms with Gasteiger partial charge < -0.3 is 5.11 Å². The van der Waals surface area contributed by atoms with Crippen LogP contribution in [-0.2, 0) is 17.2 Å². The van der Waals surface area contributed by atoms with E-state index in [-0.39, 0.29) is 16.2 Å². The van der Waals surface area contributed by atoms with Gasteiger partial charge in [0, 0.05) is 5.75 Å². The van der Waals surface area contributed by atoms with Gasteiger partial charge in [0.1, 0.15) is 5.82 Å². The zero-order chi connectivity index (χ0) is 14.5. The van der Waals surface area contributed by atoms with Gasteiger partial charge in [-0.25, -0.2) is 9.18 Å². The molecular formula is C15H13FO3S. The van der Waals surface area contributed by atoms with Gasteiger partial charge in [-0.3, -0.25) is 4.21 Å². The van der Waals surface area contributed by atoms with E-state index < -0.39 is 22.6 Å². The summed E-state index contributed by atoms with van der Waals surface area (Å²) in [5.41, 5.74) is 0.949. The Balaban J connectivity index is 2.13. The molecule has 0 aliphatic heterocycles. The highest BCUT2D eigenvalue weighted by Gasteiger charge is 2.13. The number of aromatic carboxylic acids is 1. The second-order valence-electron chi connectivity index (χ2n) is 4.24. The minimum Gasteiger partial charge on any atom is -0.478 e. The smallest absolute Gasteiger partial charge is 0.335 e. The second kappa shape index (κ2) is 6.43. The number of hydrogen-bond donors (Lipinski definition) is 1. The topological polar surface area (TPSA) is 54.4 Å². The van der Waals surface area contributed by atoms with Crippen LogP contribution in [0.4, 0.5) is 4.39 Å². The number of rotatable bonds is 5. The van der Waals surface area contributed by atoms with Gasteiger partial charge in [-0.05, 0) is 30.2 Å². The second-order valence-corrected chi connectivity index (χ2v) is 5.77. The molecule has 104 valence electrons. The molecule has 1 unspecified atom stereocenters. The van der Waals surface area contributed by atoms with Crippen molar-refractivity contribution in [3.63, 3.8) is 0 Å². The summed E-state index contributed by atoms with van der Waals surface area (Å²) in [7, 11) is -1.56. The summed E-state index contributed by atoms with van der Waals surface area (Å²) in [6, 6.07) is 12.8. The average Bonchev–Trinajstić information content (AvgIpc) is 2.46. The number of hydrogen-bond acceptors (Lipinski definition) is 2. The summed E-state index contributed by atoms with van der Waals surface area (Å²) in [5, 5.41) is 8.87. The fourth-order valence-corrected chi connectivity index (χ4v) is 2.96. The van der Waals surface area contributed by atoms with Crippen LogP contribution in [0.5, 0.6) is 0 Å². The third-order valence-electron chi connectivity index (χ3n) is 2.84. The predicted molar refractivity (Wildman–Crippen MR) is 74.8 cm³/mol. The Morgan fingerprint density at radius 1 is 1.15 bits per heavy atom. The number of halogens is 1. The zero-order valence-electron chi connectivity index (χ0n) is 10.6. The lowest BCUT2D eigenvalue weighted by atomic mass is 10.2. The molecule has 1 N–H and O–H groups in total. The molecule has 2 aromatic carbocycles. The van der Waals surface area contributed by atoms with Crippen LogP contribution < -0.4 is 0 Å². The standard InChI is InChI=1S/C15H13FO3S/c16-13-7-6-12(15(17)18)10-14(13)20(19)9-8-11-4-2-1-3-5-11/h1-7,10H,8-9H2,(H,17,18). The van der Waals surface area contributed by atoms with Crippen LogP contribution in [0.2, 0.25) is 0 Å². The van der Waals surface area contributed by atoms with Crippen molar-refractivity contribution in [1.82, 2.24) is 0 Å². The highest BCUT2D eigenvalue weighted by atomic mass is 32.2. The normalized spacial score (nSPS) is 12.1. The molecule has 0 aromatic heterocycles. The summed E-state index contributed by atoms with van der Waals surface area (Å²) in [6.07, 6.45) is 0.546. The average molecular weight is 292 g/mol. The number of carboxylic acids is 1. The number of carbonyl (C=O) groups is 1. The molecule has 5 heteroatoms. The molecule has 0 spiro atoms. The maximum atomic E-state index is 13.6. The molecule has 20 heavy (non-hydrogen) atoms. The van der Waals surface area contributed by atoms with Gasteiger partial charge >= 0.3 is 5.97 Å². The Morgan fingerprint density at radius 2 is 1.85 bits per heavy atom. The van der Waals surface area contributed by atoms with E-state index >= 15 is 0 Å². The first-order chi connectivity index (χ1) is 9.58. The molecular weight excluding hydrogens is 279 g/mol. The van der Waals surface area contributed by atoms with E-state index in [0.29, 0.717) is 6.42 Å². The lowest BCUT2D eigenvalue weighted by molar-refractivity contribution is 0.0696. The van der Waals surface area contributed by atoms with E-state index in [1.807, 2.05) is 30.3 Å². The van der Waals surface area contributed by atoms with Crippen molar-refractivity contribution in [1.29, 1.82) is 0 Å². The fraction of sp³-hybridized carbons (Fsp3) is 0.133. The largest absolute Gasteiger partial charge is 0.478 e. The van der Waals surface area contributed by atoms with Crippen molar-refractivity contribution >= 4 is 16.8 Å². The quantitative estimate of drug-likeness (QED) is 0.922. The summed E-state index contributed by atoms with van der Waals surface area (Å²) in [6.45, 7) is 0. The summed E-state index contributed by atoms with van der Waals surface area (Å²) in [5.74, 6) is -1.54. The van der Waals surface area contributed by atoms with Gasteiger partial charge in [-0.15, -0.1) is 0 Å². The molecule has 0 aliphatic carbocycles. The van der Waals surface area contributed by atoms with Gasteiger partial charge in [0.25, 0.3) is 0 Å². The van der Waals surface area contributed by atoms with Crippen molar-refractivity contribution in [2.24, 2.45) is 0 Å². The van der Waals surface area contributed by atoms with Crippen LogP contribution in [-0.4, -0.2) is 21.0 Å². The van der Waals surface area contributed by atoms with Crippen LogP contribution in [0.25, 0.3) is 0 Å². The summed E-state index contributed by atoms with van der Waals surface area (Å²) >= 11 is 0. The molecule has 0 saturated heterocycles. The van der Waals surface area contributed by atoms with Gasteiger partial charge in [0.2, 0.25) is 0 Å². The monoisotopic (exact) mass is 292 g/mol. The van der Waals surface area contributed by atoms with Crippen LogP contribution >= 0.6 is 0 Å². The lowest BCUT2D eigenvalue weighted by Gasteiger charge is -2.05. The molecule has 3 nitrogen and oxygen atoms in total. The van der Waals surface area contributed by atoms with Gasteiger partial charge in [-0.1, -0.05) is 30.3 Å². The van der Waals surface area contributed by atoms with E-state index in [4.69, 9.17) is 5.11 Å². The number of aryl methyl sites for hydroxylation is 1. The van der Waals surface area contributed by atoms with Crippen molar-refractivity contribution in [2.75, 3.05) is 5.75 Å². The molecule has 0 bridgehead atoms. The van der Waals surface area contributed by atoms with Crippen LogP contribution in [0.15, 0.2) is 53.4 Å². The molecule has 0 aliphatic rings. The number of benzene rings is 2. The van der Waals surface area contributed by atoms with Crippen molar-refractivity contribution < 1.29 is 18.5 Å².